The van der Waals surface area contributed by atoms with Crippen LogP contribution in [-0.4, -0.2) is 42.4 Å². The summed E-state index contributed by atoms with van der Waals surface area (Å²) in [6, 6.07) is 8.28. The molecule has 1 fully saturated rings. The number of morpholine rings is 1. The number of rotatable bonds is 3. The Morgan fingerprint density at radius 1 is 1.44 bits per heavy atom. The fourth-order valence-corrected chi connectivity index (χ4v) is 2.72. The number of nitrogens with zero attached hydrogens (tertiary/aromatic N) is 1. The molecular formula is C14H19NO2S. The predicted octanol–water partition coefficient (Wildman–Crippen LogP) is 2.33. The zero-order valence-corrected chi connectivity index (χ0v) is 11.7. The van der Waals surface area contributed by atoms with Crippen molar-refractivity contribution >= 4 is 17.7 Å². The third-order valence-corrected chi connectivity index (χ3v) is 3.97. The molecule has 18 heavy (non-hydrogen) atoms. The summed E-state index contributed by atoms with van der Waals surface area (Å²) in [6.07, 6.45) is 0.159. The lowest BCUT2D eigenvalue weighted by Crippen LogP contribution is -2.45. The highest BCUT2D eigenvalue weighted by Crippen LogP contribution is 2.19. The minimum atomic E-state index is 0.159. The number of hydrogen-bond donors (Lipinski definition) is 0. The second kappa shape index (κ2) is 6.25. The molecule has 1 aliphatic heterocycles. The van der Waals surface area contributed by atoms with Gasteiger partial charge in [0.05, 0.1) is 18.5 Å². The Morgan fingerprint density at radius 2 is 2.17 bits per heavy atom. The van der Waals surface area contributed by atoms with E-state index in [1.807, 2.05) is 11.8 Å². The van der Waals surface area contributed by atoms with Crippen molar-refractivity contribution in [1.82, 2.24) is 4.90 Å². The van der Waals surface area contributed by atoms with Crippen molar-refractivity contribution in [3.8, 4) is 0 Å². The topological polar surface area (TPSA) is 29.5 Å². The predicted molar refractivity (Wildman–Crippen MR) is 73.9 cm³/mol. The molecule has 98 valence electrons. The molecule has 1 saturated heterocycles. The normalized spacial score (nSPS) is 19.9. The van der Waals surface area contributed by atoms with E-state index in [4.69, 9.17) is 4.74 Å². The smallest absolute Gasteiger partial charge is 0.233 e. The van der Waals surface area contributed by atoms with Crippen molar-refractivity contribution in [3.05, 3.63) is 29.8 Å². The molecular weight excluding hydrogens is 246 g/mol. The van der Waals surface area contributed by atoms with E-state index in [0.717, 1.165) is 11.4 Å². The van der Waals surface area contributed by atoms with Gasteiger partial charge >= 0.3 is 0 Å². The Bertz CT molecular complexity index is 405. The van der Waals surface area contributed by atoms with Gasteiger partial charge in [-0.1, -0.05) is 17.7 Å². The van der Waals surface area contributed by atoms with Crippen molar-refractivity contribution in [3.63, 3.8) is 0 Å². The molecule has 3 nitrogen and oxygen atoms in total. The van der Waals surface area contributed by atoms with Crippen LogP contribution < -0.4 is 0 Å². The highest BCUT2D eigenvalue weighted by molar-refractivity contribution is 8.00. The maximum atomic E-state index is 12.0. The van der Waals surface area contributed by atoms with E-state index in [2.05, 4.69) is 31.2 Å². The lowest BCUT2D eigenvalue weighted by molar-refractivity contribution is -0.135. The number of amides is 1. The molecule has 1 aliphatic rings. The summed E-state index contributed by atoms with van der Waals surface area (Å²) >= 11 is 1.60. The van der Waals surface area contributed by atoms with E-state index in [9.17, 15) is 4.79 Å². The number of thioether (sulfide) groups is 1. The van der Waals surface area contributed by atoms with E-state index in [-0.39, 0.29) is 12.0 Å². The Labute approximate surface area is 113 Å². The Kier molecular flexibility index (Phi) is 4.66. The summed E-state index contributed by atoms with van der Waals surface area (Å²) in [5.41, 5.74) is 1.24. The van der Waals surface area contributed by atoms with Gasteiger partial charge in [0.1, 0.15) is 0 Å². The van der Waals surface area contributed by atoms with Crippen LogP contribution in [0.1, 0.15) is 12.5 Å². The number of hydrogen-bond acceptors (Lipinski definition) is 3. The van der Waals surface area contributed by atoms with Gasteiger partial charge in [0.2, 0.25) is 5.91 Å². The second-order valence-electron chi connectivity index (χ2n) is 4.62. The fourth-order valence-electron chi connectivity index (χ4n) is 1.92. The molecule has 0 bridgehead atoms. The van der Waals surface area contributed by atoms with Crippen molar-refractivity contribution in [2.24, 2.45) is 0 Å². The Morgan fingerprint density at radius 3 is 2.83 bits per heavy atom. The summed E-state index contributed by atoms with van der Waals surface area (Å²) < 4.78 is 5.43. The molecule has 1 aromatic carbocycles. The van der Waals surface area contributed by atoms with Gasteiger partial charge in [0.15, 0.2) is 0 Å². The van der Waals surface area contributed by atoms with Crippen LogP contribution in [0.5, 0.6) is 0 Å². The summed E-state index contributed by atoms with van der Waals surface area (Å²) in [7, 11) is 0. The third kappa shape index (κ3) is 3.75. The van der Waals surface area contributed by atoms with Gasteiger partial charge in [-0.15, -0.1) is 11.8 Å². The van der Waals surface area contributed by atoms with Gasteiger partial charge in [-0.3, -0.25) is 4.79 Å². The standard InChI is InChI=1S/C14H19NO2S/c1-11-3-5-13(6-4-11)18-10-14(16)15-7-8-17-12(2)9-15/h3-6,12H,7-10H2,1-2H3. The van der Waals surface area contributed by atoms with Crippen LogP contribution in [0.25, 0.3) is 0 Å². The van der Waals surface area contributed by atoms with Crippen LogP contribution in [0.2, 0.25) is 0 Å². The fraction of sp³-hybridized carbons (Fsp3) is 0.500. The van der Waals surface area contributed by atoms with E-state index in [0.29, 0.717) is 18.9 Å². The molecule has 2 rings (SSSR count). The maximum Gasteiger partial charge on any atom is 0.233 e. The largest absolute Gasteiger partial charge is 0.375 e. The van der Waals surface area contributed by atoms with Crippen molar-refractivity contribution in [1.29, 1.82) is 0 Å². The highest BCUT2D eigenvalue weighted by atomic mass is 32.2. The molecule has 1 atom stereocenters. The number of aryl methyl sites for hydroxylation is 1. The van der Waals surface area contributed by atoms with E-state index in [1.54, 1.807) is 11.8 Å². The summed E-state index contributed by atoms with van der Waals surface area (Å²) in [4.78, 5) is 15.1. The molecule has 0 aromatic heterocycles. The molecule has 0 N–H and O–H groups in total. The Hall–Kier alpha value is -1.00. The van der Waals surface area contributed by atoms with Gasteiger partial charge in [-0.05, 0) is 26.0 Å². The molecule has 4 heteroatoms. The monoisotopic (exact) mass is 265 g/mol. The zero-order chi connectivity index (χ0) is 13.0. The number of benzene rings is 1. The average molecular weight is 265 g/mol. The minimum Gasteiger partial charge on any atom is -0.375 e. The molecule has 1 heterocycles. The van der Waals surface area contributed by atoms with Gasteiger partial charge in [-0.2, -0.15) is 0 Å². The molecule has 0 radical (unpaired) electrons. The molecule has 0 saturated carbocycles. The van der Waals surface area contributed by atoms with Crippen LogP contribution >= 0.6 is 11.8 Å². The lowest BCUT2D eigenvalue weighted by Gasteiger charge is -2.31. The number of ether oxygens (including phenoxy) is 1. The van der Waals surface area contributed by atoms with E-state index in [1.165, 1.54) is 5.56 Å². The van der Waals surface area contributed by atoms with Crippen molar-refractivity contribution in [2.45, 2.75) is 24.8 Å². The summed E-state index contributed by atoms with van der Waals surface area (Å²) in [5.74, 6) is 0.714. The first kappa shape index (κ1) is 13.4. The van der Waals surface area contributed by atoms with Gasteiger partial charge in [0, 0.05) is 18.0 Å². The molecule has 0 spiro atoms. The number of carbonyl (C=O) groups excluding carboxylic acids is 1. The average Bonchev–Trinajstić information content (AvgIpc) is 2.38. The molecule has 1 aromatic rings. The maximum absolute atomic E-state index is 12.0. The molecule has 1 amide bonds. The number of carbonyl (C=O) groups is 1. The minimum absolute atomic E-state index is 0.159. The van der Waals surface area contributed by atoms with Gasteiger partial charge in [-0.25, -0.2) is 0 Å². The SMILES string of the molecule is Cc1ccc(SCC(=O)N2CCOC(C)C2)cc1. The second-order valence-corrected chi connectivity index (χ2v) is 5.67. The van der Waals surface area contributed by atoms with Crippen molar-refractivity contribution in [2.75, 3.05) is 25.4 Å². The van der Waals surface area contributed by atoms with Gasteiger partial charge < -0.3 is 9.64 Å². The first-order valence-electron chi connectivity index (χ1n) is 6.24. The van der Waals surface area contributed by atoms with Crippen LogP contribution in [0, 0.1) is 6.92 Å². The molecule has 0 aliphatic carbocycles. The van der Waals surface area contributed by atoms with Crippen LogP contribution in [0.15, 0.2) is 29.2 Å². The van der Waals surface area contributed by atoms with Crippen LogP contribution in [0.3, 0.4) is 0 Å². The first-order valence-corrected chi connectivity index (χ1v) is 7.22. The van der Waals surface area contributed by atoms with Crippen LogP contribution in [0.4, 0.5) is 0 Å². The van der Waals surface area contributed by atoms with Crippen molar-refractivity contribution < 1.29 is 9.53 Å². The third-order valence-electron chi connectivity index (χ3n) is 2.98. The quantitative estimate of drug-likeness (QED) is 0.786. The zero-order valence-electron chi connectivity index (χ0n) is 10.9. The summed E-state index contributed by atoms with van der Waals surface area (Å²) in [6.45, 7) is 6.16. The van der Waals surface area contributed by atoms with Gasteiger partial charge in [0.25, 0.3) is 0 Å². The Balaban J connectivity index is 1.82. The lowest BCUT2D eigenvalue weighted by atomic mass is 10.2. The summed E-state index contributed by atoms with van der Waals surface area (Å²) in [5, 5.41) is 0. The van der Waals surface area contributed by atoms with E-state index >= 15 is 0 Å². The molecule has 1 unspecified atom stereocenters. The van der Waals surface area contributed by atoms with Crippen LogP contribution in [-0.2, 0) is 9.53 Å². The first-order chi connectivity index (χ1) is 8.65. The highest BCUT2D eigenvalue weighted by Gasteiger charge is 2.20. The van der Waals surface area contributed by atoms with E-state index < -0.39 is 0 Å².